The summed E-state index contributed by atoms with van der Waals surface area (Å²) in [6, 6.07) is 22.2. The van der Waals surface area contributed by atoms with Gasteiger partial charge in [0.15, 0.2) is 0 Å². The molecule has 186 valence electrons. The Labute approximate surface area is 212 Å². The molecule has 0 aliphatic rings. The molecule has 1 heterocycles. The number of esters is 1. The van der Waals surface area contributed by atoms with Crippen LogP contribution in [0, 0.1) is 11.3 Å². The summed E-state index contributed by atoms with van der Waals surface area (Å²) in [4.78, 5) is 38.0. The summed E-state index contributed by atoms with van der Waals surface area (Å²) in [6.45, 7) is 0. The van der Waals surface area contributed by atoms with Gasteiger partial charge in [0.2, 0.25) is 6.41 Å². The normalized spacial score (nSPS) is 10.9. The first-order valence-corrected chi connectivity index (χ1v) is 11.0. The van der Waals surface area contributed by atoms with Crippen LogP contribution in [0.4, 0.5) is 0 Å². The zero-order valence-corrected chi connectivity index (χ0v) is 19.8. The van der Waals surface area contributed by atoms with Crippen LogP contribution in [0.5, 0.6) is 5.75 Å². The van der Waals surface area contributed by atoms with Crippen LogP contribution >= 0.6 is 0 Å². The van der Waals surface area contributed by atoms with Gasteiger partial charge in [-0.2, -0.15) is 5.26 Å². The van der Waals surface area contributed by atoms with Crippen molar-refractivity contribution in [3.63, 3.8) is 0 Å². The number of carboxylic acids is 1. The third-order valence-corrected chi connectivity index (χ3v) is 5.60. The van der Waals surface area contributed by atoms with E-state index in [4.69, 9.17) is 9.53 Å². The van der Waals surface area contributed by atoms with Crippen molar-refractivity contribution < 1.29 is 29.3 Å². The number of methoxy groups -OCH3 is 1. The Balaban J connectivity index is 0.00000121. The molecule has 0 aliphatic carbocycles. The highest BCUT2D eigenvalue weighted by molar-refractivity contribution is 6.04. The number of phenols is 1. The summed E-state index contributed by atoms with van der Waals surface area (Å²) in [5, 5.41) is 29.1. The van der Waals surface area contributed by atoms with Gasteiger partial charge < -0.3 is 20.7 Å². The van der Waals surface area contributed by atoms with Crippen LogP contribution in [-0.4, -0.2) is 40.7 Å². The minimum absolute atomic E-state index is 0.0119. The van der Waals surface area contributed by atoms with Gasteiger partial charge in [-0.05, 0) is 65.6 Å². The summed E-state index contributed by atoms with van der Waals surface area (Å²) in [5.74, 6) is -2.42. The average molecular weight is 498 g/mol. The number of aromatic hydroxyl groups is 1. The number of nitriles is 1. The number of nitrogens with zero attached hydrogens (tertiary/aromatic N) is 2. The summed E-state index contributed by atoms with van der Waals surface area (Å²) in [7, 11) is 1.27. The first kappa shape index (κ1) is 26.4. The fraction of sp³-hybridized carbons (Fsp3) is 0.107. The number of phenolic OH excluding ortho intramolecular Hbond substituents is 1. The van der Waals surface area contributed by atoms with E-state index in [0.717, 1.165) is 16.7 Å². The van der Waals surface area contributed by atoms with Gasteiger partial charge in [0, 0.05) is 5.39 Å². The van der Waals surface area contributed by atoms with E-state index in [1.54, 1.807) is 48.5 Å². The van der Waals surface area contributed by atoms with Crippen LogP contribution in [0.2, 0.25) is 0 Å². The van der Waals surface area contributed by atoms with Crippen LogP contribution in [-0.2, 0) is 20.7 Å². The Hall–Kier alpha value is -5.23. The van der Waals surface area contributed by atoms with E-state index in [1.165, 1.54) is 25.3 Å². The van der Waals surface area contributed by atoms with Gasteiger partial charge in [0.25, 0.3) is 0 Å². The van der Waals surface area contributed by atoms with Crippen molar-refractivity contribution in [1.29, 1.82) is 5.26 Å². The molecule has 9 nitrogen and oxygen atoms in total. The Morgan fingerprint density at radius 3 is 2.38 bits per heavy atom. The molecule has 0 aliphatic heterocycles. The van der Waals surface area contributed by atoms with Crippen LogP contribution in [0.25, 0.3) is 22.0 Å². The minimum Gasteiger partial charge on any atom is -0.508 e. The number of hydrogen-bond acceptors (Lipinski definition) is 7. The molecule has 1 atom stereocenters. The van der Waals surface area contributed by atoms with Crippen molar-refractivity contribution in [2.24, 2.45) is 5.73 Å². The van der Waals surface area contributed by atoms with E-state index >= 15 is 0 Å². The number of carbonyl (C=O) groups is 3. The third-order valence-electron chi connectivity index (χ3n) is 5.60. The number of benzene rings is 3. The fourth-order valence-electron chi connectivity index (χ4n) is 3.87. The second-order valence-corrected chi connectivity index (χ2v) is 7.91. The smallest absolute Gasteiger partial charge is 0.336 e. The number of rotatable bonds is 6. The number of aromatic carboxylic acids is 1. The molecule has 1 unspecified atom stereocenters. The number of ether oxygens (including phenoxy) is 1. The lowest BCUT2D eigenvalue weighted by molar-refractivity contribution is -0.142. The van der Waals surface area contributed by atoms with Crippen molar-refractivity contribution in [2.75, 3.05) is 7.11 Å². The maximum Gasteiger partial charge on any atom is 0.336 e. The average Bonchev–Trinajstić information content (AvgIpc) is 2.91. The van der Waals surface area contributed by atoms with Crippen molar-refractivity contribution in [2.45, 2.75) is 12.3 Å². The number of hydrogen-bond donors (Lipinski definition) is 3. The maximum absolute atomic E-state index is 12.6. The summed E-state index contributed by atoms with van der Waals surface area (Å²) in [6.07, 6.45) is 0.476. The van der Waals surface area contributed by atoms with E-state index < -0.39 is 17.9 Å². The molecule has 37 heavy (non-hydrogen) atoms. The second-order valence-electron chi connectivity index (χ2n) is 7.91. The van der Waals surface area contributed by atoms with E-state index in [-0.39, 0.29) is 29.8 Å². The Morgan fingerprint density at radius 2 is 1.76 bits per heavy atom. The minimum atomic E-state index is -1.15. The first-order chi connectivity index (χ1) is 17.8. The molecule has 0 spiro atoms. The Bertz CT molecular complexity index is 1490. The number of amides is 1. The predicted octanol–water partition coefficient (Wildman–Crippen LogP) is 3.78. The topological polar surface area (TPSA) is 164 Å². The predicted molar refractivity (Wildman–Crippen MR) is 136 cm³/mol. The number of primary amides is 1. The Morgan fingerprint density at radius 1 is 1.08 bits per heavy atom. The van der Waals surface area contributed by atoms with Gasteiger partial charge in [-0.15, -0.1) is 0 Å². The van der Waals surface area contributed by atoms with Crippen LogP contribution in [0.3, 0.4) is 0 Å². The zero-order valence-electron chi connectivity index (χ0n) is 19.8. The van der Waals surface area contributed by atoms with Crippen LogP contribution in [0.1, 0.15) is 33.1 Å². The lowest BCUT2D eigenvalue weighted by Crippen LogP contribution is -2.19. The zero-order chi connectivity index (χ0) is 26.9. The molecular formula is C28H23N3O6. The summed E-state index contributed by atoms with van der Waals surface area (Å²) in [5.41, 5.74) is 7.67. The standard InChI is InChI=1S/C27H20N2O5.CH3NO/c1-34-27(33)23(12-16-5-8-20(30)9-6-16)25-14-22(26(31)32)21-13-19(7-10-24(21)29-25)18-4-2-3-17(11-18)15-28;2-1-3/h2-11,13-14,23,30H,12H2,1H3,(H,31,32);1H,(H2,2,3). The van der Waals surface area contributed by atoms with Crippen LogP contribution in [0.15, 0.2) is 72.8 Å². The molecule has 0 saturated heterocycles. The molecule has 4 N–H and O–H groups in total. The first-order valence-electron chi connectivity index (χ1n) is 11.0. The molecule has 4 rings (SSSR count). The van der Waals surface area contributed by atoms with Gasteiger partial charge >= 0.3 is 11.9 Å². The third kappa shape index (κ3) is 6.26. The van der Waals surface area contributed by atoms with Crippen molar-refractivity contribution in [1.82, 2.24) is 4.98 Å². The van der Waals surface area contributed by atoms with E-state index in [0.29, 0.717) is 16.5 Å². The molecule has 0 saturated carbocycles. The second kappa shape index (κ2) is 12.0. The van der Waals surface area contributed by atoms with Crippen molar-refractivity contribution in [3.8, 4) is 22.9 Å². The SMILES string of the molecule is COC(=O)C(Cc1ccc(O)cc1)c1cc(C(=O)O)c2cc(-c3cccc(C#N)c3)ccc2n1.NC=O. The molecule has 0 bridgehead atoms. The number of carboxylic acid groups (broad SMARTS) is 1. The number of carbonyl (C=O) groups excluding carboxylic acids is 2. The van der Waals surface area contributed by atoms with E-state index in [1.807, 2.05) is 6.07 Å². The van der Waals surface area contributed by atoms with E-state index in [2.05, 4.69) is 16.8 Å². The van der Waals surface area contributed by atoms with Crippen LogP contribution < -0.4 is 5.73 Å². The fourth-order valence-corrected chi connectivity index (χ4v) is 3.87. The maximum atomic E-state index is 12.6. The molecule has 1 amide bonds. The summed E-state index contributed by atoms with van der Waals surface area (Å²) >= 11 is 0. The quantitative estimate of drug-likeness (QED) is 0.268. The lowest BCUT2D eigenvalue weighted by Gasteiger charge is -2.16. The molecule has 0 fully saturated rings. The van der Waals surface area contributed by atoms with Gasteiger partial charge in [-0.3, -0.25) is 14.6 Å². The monoisotopic (exact) mass is 497 g/mol. The van der Waals surface area contributed by atoms with Gasteiger partial charge in [-0.1, -0.05) is 30.3 Å². The van der Waals surface area contributed by atoms with Crippen molar-refractivity contribution in [3.05, 3.63) is 95.2 Å². The number of aromatic nitrogens is 1. The molecular weight excluding hydrogens is 474 g/mol. The largest absolute Gasteiger partial charge is 0.508 e. The summed E-state index contributed by atoms with van der Waals surface area (Å²) < 4.78 is 4.97. The highest BCUT2D eigenvalue weighted by Crippen LogP contribution is 2.30. The number of pyridine rings is 1. The lowest BCUT2D eigenvalue weighted by atomic mass is 9.93. The number of fused-ring (bicyclic) bond motifs is 1. The molecule has 0 radical (unpaired) electrons. The van der Waals surface area contributed by atoms with Gasteiger partial charge in [-0.25, -0.2) is 4.79 Å². The highest BCUT2D eigenvalue weighted by atomic mass is 16.5. The molecule has 4 aromatic rings. The van der Waals surface area contributed by atoms with E-state index in [9.17, 15) is 25.1 Å². The molecule has 1 aromatic heterocycles. The number of nitrogens with two attached hydrogens (primary N) is 1. The van der Waals surface area contributed by atoms with Gasteiger partial charge in [0.1, 0.15) is 11.7 Å². The molecule has 3 aromatic carbocycles. The van der Waals surface area contributed by atoms with Crippen molar-refractivity contribution >= 4 is 29.3 Å². The Kier molecular flexibility index (Phi) is 8.52. The van der Waals surface area contributed by atoms with Gasteiger partial charge in [0.05, 0.1) is 35.5 Å². The highest BCUT2D eigenvalue weighted by Gasteiger charge is 2.26. The molecule has 9 heteroatoms.